The zero-order chi connectivity index (χ0) is 18.4. The Morgan fingerprint density at radius 3 is 2.12 bits per heavy atom. The van der Waals surface area contributed by atoms with Crippen molar-refractivity contribution in [1.29, 1.82) is 0 Å². The van der Waals surface area contributed by atoms with Crippen LogP contribution < -0.4 is 4.74 Å². The maximum absolute atomic E-state index is 12.1. The number of esters is 2. The van der Waals surface area contributed by atoms with Gasteiger partial charge in [-0.25, -0.2) is 9.59 Å². The number of carbonyl (C=O) groups excluding carboxylic acids is 2. The molecule has 0 spiro atoms. The summed E-state index contributed by atoms with van der Waals surface area (Å²) in [5.74, 6) is -1.27. The van der Waals surface area contributed by atoms with Crippen molar-refractivity contribution in [2.75, 3.05) is 21.3 Å². The Balaban J connectivity index is 2.35. The molecular weight excluding hydrogens is 326 g/mol. The molecule has 0 saturated carbocycles. The van der Waals surface area contributed by atoms with Gasteiger partial charge in [-0.1, -0.05) is 12.1 Å². The topological polar surface area (TPSA) is 95.0 Å². The fraction of sp³-hybridized carbons (Fsp3) is 0.278. The highest BCUT2D eigenvalue weighted by Crippen LogP contribution is 2.25. The fourth-order valence-corrected chi connectivity index (χ4v) is 2.42. The number of benzene rings is 1. The number of hydrogen-bond acceptors (Lipinski definition) is 7. The maximum Gasteiger partial charge on any atom is 0.342 e. The Bertz CT molecular complexity index is 770. The monoisotopic (exact) mass is 345 g/mol. The van der Waals surface area contributed by atoms with Gasteiger partial charge in [0.05, 0.1) is 38.8 Å². The van der Waals surface area contributed by atoms with Crippen molar-refractivity contribution in [2.45, 2.75) is 12.8 Å². The van der Waals surface area contributed by atoms with Gasteiger partial charge in [-0.05, 0) is 30.5 Å². The van der Waals surface area contributed by atoms with Gasteiger partial charge in [-0.15, -0.1) is 0 Å². The first kappa shape index (κ1) is 18.3. The highest BCUT2D eigenvalue weighted by Gasteiger charge is 2.27. The SMILES string of the molecule is COC(=O)c1c(O)cnc(CCc2ccc(OC)cc2)c1C(=O)OC. The Labute approximate surface area is 145 Å². The predicted octanol–water partition coefficient (Wildman–Crippen LogP) is 2.15. The maximum atomic E-state index is 12.1. The summed E-state index contributed by atoms with van der Waals surface area (Å²) in [4.78, 5) is 28.2. The van der Waals surface area contributed by atoms with E-state index in [2.05, 4.69) is 9.72 Å². The van der Waals surface area contributed by atoms with Gasteiger partial charge >= 0.3 is 11.9 Å². The van der Waals surface area contributed by atoms with Crippen molar-refractivity contribution in [3.63, 3.8) is 0 Å². The Kier molecular flexibility index (Phi) is 5.94. The smallest absolute Gasteiger partial charge is 0.342 e. The largest absolute Gasteiger partial charge is 0.505 e. The zero-order valence-electron chi connectivity index (χ0n) is 14.2. The predicted molar refractivity (Wildman–Crippen MR) is 89.0 cm³/mol. The number of carbonyl (C=O) groups is 2. The molecule has 7 heteroatoms. The average Bonchev–Trinajstić information content (AvgIpc) is 2.65. The van der Waals surface area contributed by atoms with Crippen LogP contribution in [-0.4, -0.2) is 43.4 Å². The number of rotatable bonds is 6. The average molecular weight is 345 g/mol. The number of methoxy groups -OCH3 is 3. The van der Waals surface area contributed by atoms with Crippen molar-refractivity contribution in [3.8, 4) is 11.5 Å². The quantitative estimate of drug-likeness (QED) is 0.802. The van der Waals surface area contributed by atoms with Crippen molar-refractivity contribution in [3.05, 3.63) is 52.8 Å². The van der Waals surface area contributed by atoms with Gasteiger partial charge in [-0.2, -0.15) is 0 Å². The third-order valence-corrected chi connectivity index (χ3v) is 3.73. The minimum absolute atomic E-state index is 0.0807. The van der Waals surface area contributed by atoms with E-state index >= 15 is 0 Å². The summed E-state index contributed by atoms with van der Waals surface area (Å²) in [5, 5.41) is 9.92. The van der Waals surface area contributed by atoms with Gasteiger partial charge in [0.15, 0.2) is 0 Å². The number of aromatic hydroxyl groups is 1. The molecule has 0 fully saturated rings. The van der Waals surface area contributed by atoms with Gasteiger partial charge < -0.3 is 19.3 Å². The van der Waals surface area contributed by atoms with E-state index in [0.717, 1.165) is 17.5 Å². The van der Waals surface area contributed by atoms with Crippen LogP contribution in [0.3, 0.4) is 0 Å². The molecule has 0 amide bonds. The Morgan fingerprint density at radius 1 is 0.960 bits per heavy atom. The van der Waals surface area contributed by atoms with Crippen LogP contribution in [0.15, 0.2) is 30.5 Å². The van der Waals surface area contributed by atoms with E-state index < -0.39 is 17.7 Å². The molecule has 0 aliphatic rings. The molecule has 0 atom stereocenters. The van der Waals surface area contributed by atoms with Crippen molar-refractivity contribution in [2.24, 2.45) is 0 Å². The van der Waals surface area contributed by atoms with E-state index in [-0.39, 0.29) is 11.1 Å². The van der Waals surface area contributed by atoms with Crippen LogP contribution in [0.4, 0.5) is 0 Å². The molecule has 0 aliphatic carbocycles. The van der Waals surface area contributed by atoms with E-state index in [1.54, 1.807) is 7.11 Å². The molecule has 7 nitrogen and oxygen atoms in total. The minimum atomic E-state index is -0.828. The van der Waals surface area contributed by atoms with Gasteiger partial charge in [0.1, 0.15) is 17.1 Å². The van der Waals surface area contributed by atoms with E-state index in [1.807, 2.05) is 24.3 Å². The van der Waals surface area contributed by atoms with Crippen molar-refractivity contribution < 1.29 is 28.9 Å². The van der Waals surface area contributed by atoms with Crippen molar-refractivity contribution in [1.82, 2.24) is 4.98 Å². The van der Waals surface area contributed by atoms with E-state index in [0.29, 0.717) is 18.5 Å². The molecule has 0 radical (unpaired) electrons. The fourth-order valence-electron chi connectivity index (χ4n) is 2.42. The lowest BCUT2D eigenvalue weighted by atomic mass is 10.00. The number of hydrogen-bond donors (Lipinski definition) is 1. The van der Waals surface area contributed by atoms with Crippen LogP contribution in [0, 0.1) is 0 Å². The van der Waals surface area contributed by atoms with Crippen LogP contribution in [0.25, 0.3) is 0 Å². The zero-order valence-corrected chi connectivity index (χ0v) is 14.2. The molecule has 0 saturated heterocycles. The van der Waals surface area contributed by atoms with E-state index in [1.165, 1.54) is 14.2 Å². The van der Waals surface area contributed by atoms with Gasteiger partial charge in [0.25, 0.3) is 0 Å². The third-order valence-electron chi connectivity index (χ3n) is 3.73. The van der Waals surface area contributed by atoms with Crippen LogP contribution in [0.5, 0.6) is 11.5 Å². The van der Waals surface area contributed by atoms with Crippen LogP contribution in [-0.2, 0) is 22.3 Å². The highest BCUT2D eigenvalue weighted by atomic mass is 16.5. The summed E-state index contributed by atoms with van der Waals surface area (Å²) in [6.45, 7) is 0. The Morgan fingerprint density at radius 2 is 1.56 bits per heavy atom. The summed E-state index contributed by atoms with van der Waals surface area (Å²) in [6, 6.07) is 7.47. The molecular formula is C18H19NO6. The molecule has 1 heterocycles. The third kappa shape index (κ3) is 4.06. The normalized spacial score (nSPS) is 10.2. The first-order valence-electron chi connectivity index (χ1n) is 7.52. The summed E-state index contributed by atoms with van der Waals surface area (Å²) in [6.07, 6.45) is 2.08. The lowest BCUT2D eigenvalue weighted by Crippen LogP contribution is -2.16. The number of pyridine rings is 1. The molecule has 2 aromatic rings. The second-order valence-corrected chi connectivity index (χ2v) is 5.17. The van der Waals surface area contributed by atoms with Crippen LogP contribution in [0.1, 0.15) is 32.0 Å². The molecule has 2 rings (SSSR count). The molecule has 1 N–H and O–H groups in total. The standard InChI is InChI=1S/C18H19NO6/c1-23-12-7-4-11(5-8-12)6-9-13-15(17(21)24-2)16(18(22)25-3)14(20)10-19-13/h4-5,7-8,10,20H,6,9H2,1-3H3. The Hall–Kier alpha value is -3.09. The van der Waals surface area contributed by atoms with Gasteiger partial charge in [0, 0.05) is 0 Å². The highest BCUT2D eigenvalue weighted by molar-refractivity contribution is 6.05. The van der Waals surface area contributed by atoms with E-state index in [9.17, 15) is 14.7 Å². The van der Waals surface area contributed by atoms with E-state index in [4.69, 9.17) is 9.47 Å². The number of aryl methyl sites for hydroxylation is 2. The first-order valence-corrected chi connectivity index (χ1v) is 7.52. The molecule has 25 heavy (non-hydrogen) atoms. The summed E-state index contributed by atoms with van der Waals surface area (Å²) in [5.41, 5.74) is 1.03. The lowest BCUT2D eigenvalue weighted by Gasteiger charge is -2.12. The summed E-state index contributed by atoms with van der Waals surface area (Å²) in [7, 11) is 3.95. The van der Waals surface area contributed by atoms with Crippen LogP contribution in [0.2, 0.25) is 0 Å². The molecule has 132 valence electrons. The second kappa shape index (κ2) is 8.14. The van der Waals surface area contributed by atoms with Crippen LogP contribution >= 0.6 is 0 Å². The lowest BCUT2D eigenvalue weighted by molar-refractivity contribution is 0.0550. The van der Waals surface area contributed by atoms with Crippen molar-refractivity contribution >= 4 is 11.9 Å². The summed E-state index contributed by atoms with van der Waals surface area (Å²) >= 11 is 0. The number of nitrogens with zero attached hydrogens (tertiary/aromatic N) is 1. The molecule has 1 aromatic carbocycles. The number of aromatic nitrogens is 1. The molecule has 1 aromatic heterocycles. The second-order valence-electron chi connectivity index (χ2n) is 5.17. The first-order chi connectivity index (χ1) is 12.0. The minimum Gasteiger partial charge on any atom is -0.505 e. The number of ether oxygens (including phenoxy) is 3. The molecule has 0 aliphatic heterocycles. The molecule has 0 unspecified atom stereocenters. The molecule has 0 bridgehead atoms. The van der Waals surface area contributed by atoms with Gasteiger partial charge in [-0.3, -0.25) is 4.98 Å². The van der Waals surface area contributed by atoms with Gasteiger partial charge in [0.2, 0.25) is 0 Å². The summed E-state index contributed by atoms with van der Waals surface area (Å²) < 4.78 is 14.5.